The van der Waals surface area contributed by atoms with Crippen molar-refractivity contribution < 1.29 is 41.3 Å². The summed E-state index contributed by atoms with van der Waals surface area (Å²) in [6.07, 6.45) is -0.947. The lowest BCUT2D eigenvalue weighted by atomic mass is 9.68. The van der Waals surface area contributed by atoms with Crippen molar-refractivity contribution in [2.24, 2.45) is 5.92 Å². The Morgan fingerprint density at radius 1 is 0.907 bits per heavy atom. The van der Waals surface area contributed by atoms with E-state index >= 15 is 0 Å². The summed E-state index contributed by atoms with van der Waals surface area (Å²) in [5.41, 5.74) is 2.56. The SMILES string of the molecule is COc1ccc(C2(C)CSc3cc(OC)ccc3C2CCCCCCCCC(CCCC(F)(F)C(F)(F)F)C(=O)O)cc1. The monoisotopic (exact) mass is 630 g/mol. The van der Waals surface area contributed by atoms with Gasteiger partial charge in [-0.05, 0) is 67.0 Å². The number of alkyl halides is 5. The summed E-state index contributed by atoms with van der Waals surface area (Å²) >= 11 is 1.86. The molecule has 0 fully saturated rings. The minimum absolute atomic E-state index is 0.0611. The molecule has 0 bridgehead atoms. The molecule has 1 heterocycles. The first-order chi connectivity index (χ1) is 20.3. The number of rotatable bonds is 17. The Labute approximate surface area is 255 Å². The number of hydrogen-bond donors (Lipinski definition) is 1. The highest BCUT2D eigenvalue weighted by atomic mass is 32.2. The second-order valence-electron chi connectivity index (χ2n) is 11.7. The van der Waals surface area contributed by atoms with Crippen molar-refractivity contribution in [2.75, 3.05) is 20.0 Å². The normalized spacial score (nSPS) is 19.5. The molecule has 2 aromatic rings. The van der Waals surface area contributed by atoms with Gasteiger partial charge in [-0.15, -0.1) is 11.8 Å². The Balaban J connectivity index is 1.49. The summed E-state index contributed by atoms with van der Waals surface area (Å²) in [6, 6.07) is 14.7. The molecule has 0 aromatic heterocycles. The van der Waals surface area contributed by atoms with E-state index < -0.39 is 36.8 Å². The van der Waals surface area contributed by atoms with Gasteiger partial charge in [-0.25, -0.2) is 0 Å². The maximum absolute atomic E-state index is 13.1. The molecule has 4 nitrogen and oxygen atoms in total. The van der Waals surface area contributed by atoms with Crippen molar-refractivity contribution in [3.8, 4) is 11.5 Å². The van der Waals surface area contributed by atoms with Crippen LogP contribution in [0.15, 0.2) is 47.4 Å². The van der Waals surface area contributed by atoms with E-state index in [1.54, 1.807) is 14.2 Å². The van der Waals surface area contributed by atoms with Gasteiger partial charge in [0.05, 0.1) is 20.1 Å². The maximum atomic E-state index is 13.1. The van der Waals surface area contributed by atoms with Crippen LogP contribution >= 0.6 is 11.8 Å². The standard InChI is InChI=1S/C33H43F5O4S/c1-31(24-14-16-25(41-2)17-15-24)22-43-29-21-26(42-3)18-19-27(29)28(31)13-9-7-5-4-6-8-11-23(30(39)40)12-10-20-32(34,35)33(36,37)38/h14-19,21,23,28H,4-13,20,22H2,1-3H3,(H,39,40). The Morgan fingerprint density at radius 2 is 1.49 bits per heavy atom. The van der Waals surface area contributed by atoms with Crippen molar-refractivity contribution in [3.05, 3.63) is 53.6 Å². The molecule has 1 N–H and O–H groups in total. The van der Waals surface area contributed by atoms with Gasteiger partial charge in [0.1, 0.15) is 11.5 Å². The summed E-state index contributed by atoms with van der Waals surface area (Å²) < 4.78 is 74.2. The molecule has 0 spiro atoms. The zero-order chi connectivity index (χ0) is 31.7. The van der Waals surface area contributed by atoms with Gasteiger partial charge in [0.2, 0.25) is 0 Å². The van der Waals surface area contributed by atoms with Crippen molar-refractivity contribution in [1.29, 1.82) is 0 Å². The number of unbranched alkanes of at least 4 members (excludes halogenated alkanes) is 5. The number of aliphatic carboxylic acids is 1. The number of fused-ring (bicyclic) bond motifs is 1. The fraction of sp³-hybridized carbons (Fsp3) is 0.606. The van der Waals surface area contributed by atoms with Crippen molar-refractivity contribution in [3.63, 3.8) is 0 Å². The number of ether oxygens (including phenoxy) is 2. The number of carboxylic acids is 1. The summed E-state index contributed by atoms with van der Waals surface area (Å²) in [7, 11) is 3.34. The molecule has 10 heteroatoms. The maximum Gasteiger partial charge on any atom is 0.453 e. The Morgan fingerprint density at radius 3 is 2.09 bits per heavy atom. The first-order valence-corrected chi connectivity index (χ1v) is 15.9. The summed E-state index contributed by atoms with van der Waals surface area (Å²) in [6.45, 7) is 2.34. The summed E-state index contributed by atoms with van der Waals surface area (Å²) in [5.74, 6) is -3.88. The van der Waals surface area contributed by atoms with Crippen LogP contribution in [-0.2, 0) is 10.2 Å². The predicted molar refractivity (Wildman–Crippen MR) is 160 cm³/mol. The van der Waals surface area contributed by atoms with E-state index in [1.807, 2.05) is 30.0 Å². The fourth-order valence-electron chi connectivity index (χ4n) is 6.01. The first-order valence-electron chi connectivity index (χ1n) is 14.9. The molecule has 240 valence electrons. The topological polar surface area (TPSA) is 55.8 Å². The fourth-order valence-corrected chi connectivity index (χ4v) is 7.41. The highest BCUT2D eigenvalue weighted by Crippen LogP contribution is 2.52. The molecule has 43 heavy (non-hydrogen) atoms. The average molecular weight is 631 g/mol. The van der Waals surface area contributed by atoms with E-state index in [9.17, 15) is 31.9 Å². The Hall–Kier alpha value is -2.49. The van der Waals surface area contributed by atoms with Crippen LogP contribution in [0.3, 0.4) is 0 Å². The minimum Gasteiger partial charge on any atom is -0.497 e. The number of carbonyl (C=O) groups is 1. The van der Waals surface area contributed by atoms with Crippen LogP contribution in [0.2, 0.25) is 0 Å². The molecule has 0 radical (unpaired) electrons. The van der Waals surface area contributed by atoms with E-state index in [1.165, 1.54) is 16.0 Å². The molecule has 0 amide bonds. The molecule has 0 saturated heterocycles. The third-order valence-corrected chi connectivity index (χ3v) is 10.2. The highest BCUT2D eigenvalue weighted by molar-refractivity contribution is 7.99. The van der Waals surface area contributed by atoms with Gasteiger partial charge >= 0.3 is 18.1 Å². The molecule has 3 unspecified atom stereocenters. The minimum atomic E-state index is -5.60. The first kappa shape index (κ1) is 35.0. The Kier molecular flexibility index (Phi) is 12.6. The molecule has 3 atom stereocenters. The lowest BCUT2D eigenvalue weighted by Gasteiger charge is -2.43. The molecular formula is C33H43F5O4S. The number of hydrogen-bond acceptors (Lipinski definition) is 4. The zero-order valence-electron chi connectivity index (χ0n) is 25.2. The lowest BCUT2D eigenvalue weighted by molar-refractivity contribution is -0.284. The third kappa shape index (κ3) is 9.25. The van der Waals surface area contributed by atoms with Crippen LogP contribution < -0.4 is 9.47 Å². The van der Waals surface area contributed by atoms with Crippen molar-refractivity contribution in [2.45, 2.75) is 106 Å². The van der Waals surface area contributed by atoms with Crippen LogP contribution in [0.5, 0.6) is 11.5 Å². The number of benzene rings is 2. The molecule has 0 saturated carbocycles. The number of methoxy groups -OCH3 is 2. The van der Waals surface area contributed by atoms with E-state index in [-0.39, 0.29) is 18.3 Å². The molecule has 2 aromatic carbocycles. The van der Waals surface area contributed by atoms with Crippen LogP contribution in [-0.4, -0.2) is 43.1 Å². The van der Waals surface area contributed by atoms with E-state index in [0.29, 0.717) is 12.3 Å². The van der Waals surface area contributed by atoms with Gasteiger partial charge in [0.25, 0.3) is 0 Å². The quantitative estimate of drug-likeness (QED) is 0.139. The Bertz CT molecular complexity index is 1170. The van der Waals surface area contributed by atoms with Gasteiger partial charge < -0.3 is 14.6 Å². The number of thioether (sulfide) groups is 1. The summed E-state index contributed by atoms with van der Waals surface area (Å²) in [4.78, 5) is 12.7. The van der Waals surface area contributed by atoms with Gasteiger partial charge in [-0.1, -0.05) is 63.6 Å². The van der Waals surface area contributed by atoms with E-state index in [0.717, 1.165) is 55.8 Å². The molecule has 1 aliphatic heterocycles. The smallest absolute Gasteiger partial charge is 0.453 e. The lowest BCUT2D eigenvalue weighted by Crippen LogP contribution is -2.36. The predicted octanol–water partition coefficient (Wildman–Crippen LogP) is 10.0. The average Bonchev–Trinajstić information content (AvgIpc) is 2.97. The van der Waals surface area contributed by atoms with E-state index in [4.69, 9.17) is 9.47 Å². The third-order valence-electron chi connectivity index (χ3n) is 8.74. The van der Waals surface area contributed by atoms with Crippen molar-refractivity contribution in [1.82, 2.24) is 0 Å². The molecule has 0 aliphatic carbocycles. The van der Waals surface area contributed by atoms with Gasteiger partial charge in [-0.2, -0.15) is 22.0 Å². The van der Waals surface area contributed by atoms with Crippen LogP contribution in [0.25, 0.3) is 0 Å². The van der Waals surface area contributed by atoms with E-state index in [2.05, 4.69) is 31.2 Å². The number of halogens is 5. The second-order valence-corrected chi connectivity index (χ2v) is 12.7. The van der Waals surface area contributed by atoms with Crippen LogP contribution in [0.1, 0.15) is 94.6 Å². The zero-order valence-corrected chi connectivity index (χ0v) is 26.0. The van der Waals surface area contributed by atoms with Gasteiger partial charge in [0, 0.05) is 22.5 Å². The second kappa shape index (κ2) is 15.5. The van der Waals surface area contributed by atoms with Crippen LogP contribution in [0.4, 0.5) is 22.0 Å². The van der Waals surface area contributed by atoms with Gasteiger partial charge in [0.15, 0.2) is 0 Å². The number of carboxylic acid groups (broad SMARTS) is 1. The molecule has 1 aliphatic rings. The highest BCUT2D eigenvalue weighted by Gasteiger charge is 2.56. The van der Waals surface area contributed by atoms with Crippen LogP contribution in [0, 0.1) is 5.92 Å². The summed E-state index contributed by atoms with van der Waals surface area (Å²) in [5, 5.41) is 9.38. The largest absolute Gasteiger partial charge is 0.497 e. The molecule has 3 rings (SSSR count). The van der Waals surface area contributed by atoms with Crippen molar-refractivity contribution >= 4 is 17.7 Å². The molecular weight excluding hydrogens is 587 g/mol. The van der Waals surface area contributed by atoms with Gasteiger partial charge in [-0.3, -0.25) is 4.79 Å².